The summed E-state index contributed by atoms with van der Waals surface area (Å²) in [5.74, 6) is -0.688. The lowest BCUT2D eigenvalue weighted by Gasteiger charge is -2.05. The summed E-state index contributed by atoms with van der Waals surface area (Å²) < 4.78 is 0. The molecule has 0 aliphatic carbocycles. The predicted octanol–water partition coefficient (Wildman–Crippen LogP) is 3.01. The van der Waals surface area contributed by atoms with Crippen LogP contribution in [-0.4, -0.2) is 16.1 Å². The molecule has 18 heavy (non-hydrogen) atoms. The second-order valence-corrected chi connectivity index (χ2v) is 5.46. The Kier molecular flexibility index (Phi) is 3.54. The summed E-state index contributed by atoms with van der Waals surface area (Å²) in [6.07, 6.45) is 0. The summed E-state index contributed by atoms with van der Waals surface area (Å²) in [4.78, 5) is 13.1. The third kappa shape index (κ3) is 2.47. The number of nitrogens with two attached hydrogens (primary N) is 1. The molecule has 0 saturated heterocycles. The van der Waals surface area contributed by atoms with Gasteiger partial charge in [0.2, 0.25) is 0 Å². The van der Waals surface area contributed by atoms with Crippen LogP contribution in [0.3, 0.4) is 0 Å². The zero-order valence-electron chi connectivity index (χ0n) is 9.61. The van der Waals surface area contributed by atoms with Crippen LogP contribution in [0.15, 0.2) is 34.6 Å². The van der Waals surface area contributed by atoms with Crippen LogP contribution in [-0.2, 0) is 0 Å². The van der Waals surface area contributed by atoms with Crippen molar-refractivity contribution < 1.29 is 4.79 Å². The number of halogens is 1. The highest BCUT2D eigenvalue weighted by molar-refractivity contribution is 8.03. The van der Waals surface area contributed by atoms with Gasteiger partial charge < -0.3 is 5.73 Å². The van der Waals surface area contributed by atoms with Crippen LogP contribution in [0, 0.1) is 0 Å². The number of aromatic nitrogens is 2. The number of carbonyl (C=O) groups excluding carboxylic acids is 1. The minimum Gasteiger partial charge on any atom is -0.364 e. The van der Waals surface area contributed by atoms with Crippen LogP contribution >= 0.6 is 23.4 Å². The first-order valence-corrected chi connectivity index (χ1v) is 6.27. The molecule has 2 aromatic rings. The normalized spacial score (nSPS) is 10.6. The van der Waals surface area contributed by atoms with Crippen LogP contribution in [0.2, 0.25) is 5.02 Å². The van der Waals surface area contributed by atoms with Gasteiger partial charge in [-0.25, -0.2) is 0 Å². The lowest BCUT2D eigenvalue weighted by molar-refractivity contribution is 0.0995. The number of hydrogen-bond acceptors (Lipinski definition) is 4. The number of benzene rings is 1. The van der Waals surface area contributed by atoms with Crippen LogP contribution in [0.25, 0.3) is 10.9 Å². The summed E-state index contributed by atoms with van der Waals surface area (Å²) in [5, 5.41) is 8.52. The van der Waals surface area contributed by atoms with Gasteiger partial charge in [-0.2, -0.15) is 0 Å². The van der Waals surface area contributed by atoms with E-state index in [1.165, 1.54) is 11.8 Å². The van der Waals surface area contributed by atoms with Crippen molar-refractivity contribution in [3.8, 4) is 0 Å². The van der Waals surface area contributed by atoms with Gasteiger partial charge in [0.05, 0.1) is 10.5 Å². The van der Waals surface area contributed by atoms with E-state index in [1.807, 2.05) is 19.1 Å². The molecule has 1 aromatic heterocycles. The fourth-order valence-corrected chi connectivity index (χ4v) is 2.47. The number of primary amides is 1. The van der Waals surface area contributed by atoms with Crippen molar-refractivity contribution in [2.45, 2.75) is 11.8 Å². The van der Waals surface area contributed by atoms with Crippen molar-refractivity contribution in [2.24, 2.45) is 5.73 Å². The molecule has 0 radical (unpaired) electrons. The maximum Gasteiger partial charge on any atom is 0.270 e. The van der Waals surface area contributed by atoms with Gasteiger partial charge in [0.1, 0.15) is 0 Å². The molecule has 0 aliphatic heterocycles. The maximum absolute atomic E-state index is 11.1. The highest BCUT2D eigenvalue weighted by Crippen LogP contribution is 2.31. The molecule has 2 N–H and O–H groups in total. The monoisotopic (exact) mass is 279 g/mol. The van der Waals surface area contributed by atoms with Gasteiger partial charge in [0.25, 0.3) is 5.91 Å². The summed E-state index contributed by atoms with van der Waals surface area (Å²) in [6, 6.07) is 5.54. The molecule has 0 saturated carbocycles. The number of thioether (sulfide) groups is 1. The van der Waals surface area contributed by atoms with E-state index < -0.39 is 5.91 Å². The average Bonchev–Trinajstić information content (AvgIpc) is 2.29. The van der Waals surface area contributed by atoms with E-state index in [4.69, 9.17) is 17.3 Å². The Morgan fingerprint density at radius 2 is 2.17 bits per heavy atom. The van der Waals surface area contributed by atoms with Crippen LogP contribution in [0.1, 0.15) is 17.4 Å². The molecular formula is C12H10ClN3OS. The summed E-state index contributed by atoms with van der Waals surface area (Å²) in [5.41, 5.74) is 5.79. The van der Waals surface area contributed by atoms with E-state index in [9.17, 15) is 4.79 Å². The van der Waals surface area contributed by atoms with Gasteiger partial charge in [-0.1, -0.05) is 29.9 Å². The molecule has 0 unspecified atom stereocenters. The molecule has 4 nitrogen and oxygen atoms in total. The molecule has 2 rings (SSSR count). The zero-order chi connectivity index (χ0) is 13.3. The fraction of sp³-hybridized carbons (Fsp3) is 0.0833. The van der Waals surface area contributed by atoms with Gasteiger partial charge >= 0.3 is 0 Å². The smallest absolute Gasteiger partial charge is 0.270 e. The Labute approximate surface area is 113 Å². The largest absolute Gasteiger partial charge is 0.364 e. The molecule has 6 heteroatoms. The summed E-state index contributed by atoms with van der Waals surface area (Å²) in [6.45, 7) is 5.74. The first-order valence-electron chi connectivity index (χ1n) is 5.08. The molecule has 1 amide bonds. The lowest BCUT2D eigenvalue weighted by Crippen LogP contribution is -2.14. The molecule has 0 atom stereocenters. The van der Waals surface area contributed by atoms with Crippen LogP contribution in [0.4, 0.5) is 0 Å². The molecule has 0 spiro atoms. The molecular weight excluding hydrogens is 270 g/mol. The first-order chi connectivity index (χ1) is 8.49. The first kappa shape index (κ1) is 12.9. The van der Waals surface area contributed by atoms with E-state index in [2.05, 4.69) is 16.8 Å². The van der Waals surface area contributed by atoms with Gasteiger partial charge in [-0.05, 0) is 30.0 Å². The molecule has 0 aliphatic rings. The van der Waals surface area contributed by atoms with Crippen molar-refractivity contribution in [3.63, 3.8) is 0 Å². The van der Waals surface area contributed by atoms with E-state index >= 15 is 0 Å². The number of allylic oxidation sites excluding steroid dienone is 1. The van der Waals surface area contributed by atoms with Gasteiger partial charge in [0.15, 0.2) is 5.69 Å². The number of amides is 1. The second kappa shape index (κ2) is 4.96. The summed E-state index contributed by atoms with van der Waals surface area (Å²) >= 11 is 7.63. The Morgan fingerprint density at radius 3 is 2.78 bits per heavy atom. The Bertz CT molecular complexity index is 657. The van der Waals surface area contributed by atoms with Crippen LogP contribution in [0.5, 0.6) is 0 Å². The second-order valence-electron chi connectivity index (χ2n) is 3.71. The number of fused-ring (bicyclic) bond motifs is 1. The molecule has 0 fully saturated rings. The van der Waals surface area contributed by atoms with Crippen molar-refractivity contribution >= 4 is 40.2 Å². The quantitative estimate of drug-likeness (QED) is 0.877. The highest BCUT2D eigenvalue weighted by Gasteiger charge is 2.13. The van der Waals surface area contributed by atoms with Crippen molar-refractivity contribution in [1.82, 2.24) is 10.2 Å². The number of nitrogens with zero attached hydrogens (tertiary/aromatic N) is 2. The van der Waals surface area contributed by atoms with Gasteiger partial charge in [-0.3, -0.25) is 4.79 Å². The van der Waals surface area contributed by atoms with Crippen molar-refractivity contribution in [2.75, 3.05) is 0 Å². The maximum atomic E-state index is 11.1. The molecule has 0 bridgehead atoms. The zero-order valence-corrected chi connectivity index (χ0v) is 11.2. The summed E-state index contributed by atoms with van der Waals surface area (Å²) in [7, 11) is 0. The predicted molar refractivity (Wildman–Crippen MR) is 73.7 cm³/mol. The number of carbonyl (C=O) groups is 1. The Morgan fingerprint density at radius 1 is 1.44 bits per heavy atom. The van der Waals surface area contributed by atoms with Crippen molar-refractivity contribution in [1.29, 1.82) is 0 Å². The minimum atomic E-state index is -0.688. The average molecular weight is 280 g/mol. The third-order valence-electron chi connectivity index (χ3n) is 2.20. The number of rotatable bonds is 3. The van der Waals surface area contributed by atoms with E-state index in [1.54, 1.807) is 6.07 Å². The van der Waals surface area contributed by atoms with Crippen molar-refractivity contribution in [3.05, 3.63) is 40.4 Å². The number of hydrogen-bond donors (Lipinski definition) is 1. The van der Waals surface area contributed by atoms with Crippen LogP contribution < -0.4 is 5.73 Å². The van der Waals surface area contributed by atoms with E-state index in [-0.39, 0.29) is 10.7 Å². The van der Waals surface area contributed by atoms with E-state index in [0.29, 0.717) is 10.9 Å². The fourth-order valence-electron chi connectivity index (χ4n) is 1.48. The molecule has 92 valence electrons. The third-order valence-corrected chi connectivity index (χ3v) is 3.42. The molecule has 1 heterocycles. The topological polar surface area (TPSA) is 68.9 Å². The standard InChI is InChI=1S/C12H10ClN3OS/c1-6(2)18-7-3-4-9-8(5-7)10(13)11(12(14)17)16-15-9/h3-5H,1H2,2H3,(H2,14,17). The Hall–Kier alpha value is -1.59. The SMILES string of the molecule is C=C(C)Sc1ccc2nnc(C(N)=O)c(Cl)c2c1. The van der Waals surface area contributed by atoms with Gasteiger partial charge in [-0.15, -0.1) is 10.2 Å². The lowest BCUT2D eigenvalue weighted by atomic mass is 10.2. The highest BCUT2D eigenvalue weighted by atomic mass is 35.5. The van der Waals surface area contributed by atoms with Gasteiger partial charge in [0, 0.05) is 10.3 Å². The minimum absolute atomic E-state index is 0.0124. The van der Waals surface area contributed by atoms with E-state index in [0.717, 1.165) is 9.80 Å². The molecule has 1 aromatic carbocycles. The Balaban J connectivity index is 2.62.